The van der Waals surface area contributed by atoms with E-state index in [1.54, 1.807) is 30.5 Å². The van der Waals surface area contributed by atoms with Crippen molar-refractivity contribution in [3.05, 3.63) is 30.4 Å². The zero-order chi connectivity index (χ0) is 12.3. The van der Waals surface area contributed by atoms with Gasteiger partial charge in [-0.25, -0.2) is 0 Å². The molecule has 0 radical (unpaired) electrons. The molecular weight excluding hydrogens is 220 g/mol. The molecule has 7 nitrogen and oxygen atoms in total. The Balaban J connectivity index is 1.91. The van der Waals surface area contributed by atoms with E-state index < -0.39 is 0 Å². The molecule has 17 heavy (non-hydrogen) atoms. The molecule has 0 atom stereocenters. The topological polar surface area (TPSA) is 92.8 Å². The molecule has 3 N–H and O–H groups in total. The highest BCUT2D eigenvalue weighted by atomic mass is 16.2. The number of carbonyl (C=O) groups excluding carboxylic acids is 1. The van der Waals surface area contributed by atoms with Crippen molar-refractivity contribution in [2.24, 2.45) is 0 Å². The molecule has 0 bridgehead atoms. The van der Waals surface area contributed by atoms with Crippen LogP contribution in [0.4, 0.5) is 5.69 Å². The second-order valence-corrected chi connectivity index (χ2v) is 3.83. The summed E-state index contributed by atoms with van der Waals surface area (Å²) >= 11 is 0. The summed E-state index contributed by atoms with van der Waals surface area (Å²) in [7, 11) is 1.74. The Morgan fingerprint density at radius 1 is 1.59 bits per heavy atom. The number of amides is 1. The number of aromatic amines is 1. The van der Waals surface area contributed by atoms with Gasteiger partial charge in [-0.3, -0.25) is 14.6 Å². The summed E-state index contributed by atoms with van der Waals surface area (Å²) in [5.41, 5.74) is 7.03. The number of nitrogen functional groups attached to an aromatic ring is 1. The van der Waals surface area contributed by atoms with Gasteiger partial charge in [-0.1, -0.05) is 0 Å². The van der Waals surface area contributed by atoms with Crippen LogP contribution in [0.5, 0.6) is 0 Å². The van der Waals surface area contributed by atoms with Crippen molar-refractivity contribution in [2.45, 2.75) is 13.1 Å². The molecular formula is C10H14N6O. The van der Waals surface area contributed by atoms with Crippen LogP contribution in [-0.4, -0.2) is 37.8 Å². The summed E-state index contributed by atoms with van der Waals surface area (Å²) in [6, 6.07) is 0. The van der Waals surface area contributed by atoms with E-state index in [0.29, 0.717) is 12.2 Å². The van der Waals surface area contributed by atoms with Crippen LogP contribution in [0.15, 0.2) is 24.8 Å². The van der Waals surface area contributed by atoms with Gasteiger partial charge in [0.25, 0.3) is 0 Å². The van der Waals surface area contributed by atoms with Gasteiger partial charge in [0.15, 0.2) is 0 Å². The van der Waals surface area contributed by atoms with Crippen molar-refractivity contribution < 1.29 is 4.79 Å². The molecule has 0 fully saturated rings. The standard InChI is InChI=1S/C10H14N6O/c1-15(5-8-2-12-13-3-8)10(17)7-16-6-9(11)4-14-16/h2-4,6H,5,7,11H2,1H3,(H,12,13). The third kappa shape index (κ3) is 2.83. The Kier molecular flexibility index (Phi) is 3.08. The average Bonchev–Trinajstić information content (AvgIpc) is 2.90. The minimum absolute atomic E-state index is 0.0331. The molecule has 90 valence electrons. The molecule has 0 aliphatic rings. The van der Waals surface area contributed by atoms with Crippen molar-refractivity contribution in [3.8, 4) is 0 Å². The number of rotatable bonds is 4. The van der Waals surface area contributed by atoms with Crippen molar-refractivity contribution in [1.82, 2.24) is 24.9 Å². The van der Waals surface area contributed by atoms with E-state index in [2.05, 4.69) is 15.3 Å². The molecule has 2 aromatic rings. The average molecular weight is 234 g/mol. The quantitative estimate of drug-likeness (QED) is 0.769. The van der Waals surface area contributed by atoms with E-state index >= 15 is 0 Å². The number of nitrogens with two attached hydrogens (primary N) is 1. The van der Waals surface area contributed by atoms with Gasteiger partial charge in [0, 0.05) is 31.5 Å². The molecule has 2 aromatic heterocycles. The Hall–Kier alpha value is -2.31. The van der Waals surface area contributed by atoms with Gasteiger partial charge in [0.2, 0.25) is 5.91 Å². The largest absolute Gasteiger partial charge is 0.396 e. The van der Waals surface area contributed by atoms with Crippen LogP contribution in [0.3, 0.4) is 0 Å². The zero-order valence-corrected chi connectivity index (χ0v) is 9.50. The Bertz CT molecular complexity index is 489. The fourth-order valence-electron chi connectivity index (χ4n) is 1.45. The number of aromatic nitrogens is 4. The fourth-order valence-corrected chi connectivity index (χ4v) is 1.45. The smallest absolute Gasteiger partial charge is 0.244 e. The Morgan fingerprint density at radius 3 is 3.00 bits per heavy atom. The molecule has 0 aliphatic carbocycles. The van der Waals surface area contributed by atoms with Crippen LogP contribution >= 0.6 is 0 Å². The van der Waals surface area contributed by atoms with Crippen LogP contribution in [0.25, 0.3) is 0 Å². The number of hydrogen-bond acceptors (Lipinski definition) is 4. The second kappa shape index (κ2) is 4.69. The highest BCUT2D eigenvalue weighted by Crippen LogP contribution is 2.02. The predicted molar refractivity (Wildman–Crippen MR) is 61.7 cm³/mol. The fraction of sp³-hybridized carbons (Fsp3) is 0.300. The van der Waals surface area contributed by atoms with Crippen LogP contribution in [-0.2, 0) is 17.9 Å². The lowest BCUT2D eigenvalue weighted by Crippen LogP contribution is -2.29. The Morgan fingerprint density at radius 2 is 2.41 bits per heavy atom. The molecule has 0 saturated heterocycles. The normalized spacial score (nSPS) is 10.4. The number of likely N-dealkylation sites (N-methyl/N-ethyl adjacent to an activating group) is 1. The van der Waals surface area contributed by atoms with E-state index in [1.165, 1.54) is 10.9 Å². The lowest BCUT2D eigenvalue weighted by molar-refractivity contribution is -0.131. The molecule has 7 heteroatoms. The highest BCUT2D eigenvalue weighted by molar-refractivity contribution is 5.75. The van der Waals surface area contributed by atoms with Crippen LogP contribution in [0.1, 0.15) is 5.56 Å². The van der Waals surface area contributed by atoms with Gasteiger partial charge >= 0.3 is 0 Å². The van der Waals surface area contributed by atoms with E-state index in [-0.39, 0.29) is 12.5 Å². The number of H-pyrrole nitrogens is 1. The van der Waals surface area contributed by atoms with Gasteiger partial charge in [-0.05, 0) is 0 Å². The van der Waals surface area contributed by atoms with Crippen LogP contribution in [0.2, 0.25) is 0 Å². The lowest BCUT2D eigenvalue weighted by atomic mass is 10.3. The maximum atomic E-state index is 11.8. The molecule has 2 rings (SSSR count). The first-order valence-corrected chi connectivity index (χ1v) is 5.14. The maximum Gasteiger partial charge on any atom is 0.244 e. The highest BCUT2D eigenvalue weighted by Gasteiger charge is 2.10. The van der Waals surface area contributed by atoms with Gasteiger partial charge in [-0.2, -0.15) is 10.2 Å². The lowest BCUT2D eigenvalue weighted by Gasteiger charge is -2.15. The second-order valence-electron chi connectivity index (χ2n) is 3.83. The summed E-state index contributed by atoms with van der Waals surface area (Å²) in [5, 5.41) is 10.5. The summed E-state index contributed by atoms with van der Waals surface area (Å²) in [4.78, 5) is 13.5. The summed E-state index contributed by atoms with van der Waals surface area (Å²) in [6.07, 6.45) is 6.60. The van der Waals surface area contributed by atoms with Crippen molar-refractivity contribution in [1.29, 1.82) is 0 Å². The zero-order valence-electron chi connectivity index (χ0n) is 9.50. The summed E-state index contributed by atoms with van der Waals surface area (Å²) in [5.74, 6) is -0.0331. The van der Waals surface area contributed by atoms with Gasteiger partial charge in [0.05, 0.1) is 18.1 Å². The summed E-state index contributed by atoms with van der Waals surface area (Å²) < 4.78 is 1.52. The van der Waals surface area contributed by atoms with E-state index in [4.69, 9.17) is 5.73 Å². The van der Waals surface area contributed by atoms with Crippen LogP contribution < -0.4 is 5.73 Å². The number of nitrogens with one attached hydrogen (secondary N) is 1. The molecule has 0 saturated carbocycles. The van der Waals surface area contributed by atoms with Crippen molar-refractivity contribution in [2.75, 3.05) is 12.8 Å². The van der Waals surface area contributed by atoms with Crippen molar-refractivity contribution >= 4 is 11.6 Å². The monoisotopic (exact) mass is 234 g/mol. The van der Waals surface area contributed by atoms with E-state index in [0.717, 1.165) is 5.56 Å². The molecule has 0 spiro atoms. The number of hydrogen-bond donors (Lipinski definition) is 2. The molecule has 1 amide bonds. The predicted octanol–water partition coefficient (Wildman–Crippen LogP) is -0.153. The number of nitrogens with zero attached hydrogens (tertiary/aromatic N) is 4. The van der Waals surface area contributed by atoms with Gasteiger partial charge in [0.1, 0.15) is 6.54 Å². The molecule has 0 aromatic carbocycles. The maximum absolute atomic E-state index is 11.8. The minimum Gasteiger partial charge on any atom is -0.396 e. The van der Waals surface area contributed by atoms with Crippen LogP contribution in [0, 0.1) is 0 Å². The van der Waals surface area contributed by atoms with E-state index in [1.807, 2.05) is 0 Å². The van der Waals surface area contributed by atoms with E-state index in [9.17, 15) is 4.79 Å². The minimum atomic E-state index is -0.0331. The Labute approximate surface area is 98.2 Å². The number of carbonyl (C=O) groups is 1. The molecule has 0 aliphatic heterocycles. The molecule has 0 unspecified atom stereocenters. The molecule has 2 heterocycles. The number of anilines is 1. The first kappa shape index (κ1) is 11.2. The first-order valence-electron chi connectivity index (χ1n) is 5.14. The SMILES string of the molecule is CN(Cc1cn[nH]c1)C(=O)Cn1cc(N)cn1. The summed E-state index contributed by atoms with van der Waals surface area (Å²) in [6.45, 7) is 0.706. The first-order chi connectivity index (χ1) is 8.15. The third-order valence-electron chi connectivity index (χ3n) is 2.35. The van der Waals surface area contributed by atoms with Crippen molar-refractivity contribution in [3.63, 3.8) is 0 Å². The van der Waals surface area contributed by atoms with Gasteiger partial charge < -0.3 is 10.6 Å². The third-order valence-corrected chi connectivity index (χ3v) is 2.35. The van der Waals surface area contributed by atoms with Gasteiger partial charge in [-0.15, -0.1) is 0 Å².